The first-order valence-corrected chi connectivity index (χ1v) is 8.12. The molecule has 118 valence electrons. The van der Waals surface area contributed by atoms with E-state index in [0.717, 1.165) is 37.6 Å². The molecule has 1 aliphatic carbocycles. The molecule has 1 nitrogen and oxygen atoms in total. The molecule has 0 aliphatic heterocycles. The highest BCUT2D eigenvalue weighted by molar-refractivity contribution is 5.31. The molecule has 21 heavy (non-hydrogen) atoms. The van der Waals surface area contributed by atoms with Crippen molar-refractivity contribution in [3.8, 4) is 0 Å². The van der Waals surface area contributed by atoms with Crippen molar-refractivity contribution >= 4 is 0 Å². The van der Waals surface area contributed by atoms with Crippen molar-refractivity contribution in [2.24, 2.45) is 11.8 Å². The lowest BCUT2D eigenvalue weighted by atomic mass is 9.57. The maximum atomic E-state index is 13.6. The summed E-state index contributed by atoms with van der Waals surface area (Å²) in [6.07, 6.45) is 4.46. The van der Waals surface area contributed by atoms with Crippen LogP contribution in [-0.4, -0.2) is 13.1 Å². The third-order valence-corrected chi connectivity index (χ3v) is 4.55. The van der Waals surface area contributed by atoms with E-state index in [2.05, 4.69) is 26.1 Å². The highest BCUT2D eigenvalue weighted by atomic mass is 19.1. The summed E-state index contributed by atoms with van der Waals surface area (Å²) in [4.78, 5) is 0. The molecule has 0 atom stereocenters. The average molecular weight is 295 g/mol. The second-order valence-electron chi connectivity index (χ2n) is 7.03. The largest absolute Gasteiger partial charge is 0.316 e. The molecule has 1 aromatic carbocycles. The molecule has 3 heteroatoms. The van der Waals surface area contributed by atoms with Gasteiger partial charge in [-0.3, -0.25) is 0 Å². The fourth-order valence-corrected chi connectivity index (χ4v) is 3.60. The Hall–Kier alpha value is -0.960. The molecule has 1 saturated carbocycles. The van der Waals surface area contributed by atoms with Crippen LogP contribution in [-0.2, 0) is 5.41 Å². The van der Waals surface area contributed by atoms with Crippen molar-refractivity contribution in [2.45, 2.75) is 51.9 Å². The molecule has 0 saturated heterocycles. The van der Waals surface area contributed by atoms with Gasteiger partial charge in [0.25, 0.3) is 0 Å². The van der Waals surface area contributed by atoms with Gasteiger partial charge in [-0.2, -0.15) is 0 Å². The summed E-state index contributed by atoms with van der Waals surface area (Å²) in [6.45, 7) is 8.29. The lowest BCUT2D eigenvalue weighted by molar-refractivity contribution is 0.127. The summed E-state index contributed by atoms with van der Waals surface area (Å²) < 4.78 is 27.1. The van der Waals surface area contributed by atoms with Gasteiger partial charge in [0.2, 0.25) is 0 Å². The summed E-state index contributed by atoms with van der Waals surface area (Å²) in [5, 5.41) is 3.48. The Labute approximate surface area is 127 Å². The molecule has 0 amide bonds. The highest BCUT2D eigenvalue weighted by Crippen LogP contribution is 2.49. The van der Waals surface area contributed by atoms with Crippen LogP contribution in [0.2, 0.25) is 0 Å². The van der Waals surface area contributed by atoms with Crippen LogP contribution in [0.15, 0.2) is 18.2 Å². The number of rotatable bonds is 7. The van der Waals surface area contributed by atoms with Crippen LogP contribution in [0.25, 0.3) is 0 Å². The van der Waals surface area contributed by atoms with Crippen molar-refractivity contribution < 1.29 is 8.78 Å². The summed E-state index contributed by atoms with van der Waals surface area (Å²) in [5.41, 5.74) is 0.737. The van der Waals surface area contributed by atoms with Gasteiger partial charge in [0.05, 0.1) is 0 Å². The maximum absolute atomic E-state index is 13.6. The molecule has 0 heterocycles. The van der Waals surface area contributed by atoms with Crippen molar-refractivity contribution in [1.82, 2.24) is 5.32 Å². The molecule has 2 rings (SSSR count). The normalized spacial score (nSPS) is 25.1. The van der Waals surface area contributed by atoms with E-state index in [9.17, 15) is 8.78 Å². The molecular formula is C18H27F2N. The summed E-state index contributed by atoms with van der Waals surface area (Å²) >= 11 is 0. The molecule has 1 aromatic rings. The van der Waals surface area contributed by atoms with E-state index < -0.39 is 11.6 Å². The van der Waals surface area contributed by atoms with Crippen molar-refractivity contribution in [3.63, 3.8) is 0 Å². The first-order chi connectivity index (χ1) is 9.95. The molecule has 0 radical (unpaired) electrons. The predicted molar refractivity (Wildman–Crippen MR) is 83.4 cm³/mol. The number of benzene rings is 1. The fourth-order valence-electron chi connectivity index (χ4n) is 3.60. The van der Waals surface area contributed by atoms with E-state index in [4.69, 9.17) is 0 Å². The topological polar surface area (TPSA) is 12.0 Å². The maximum Gasteiger partial charge on any atom is 0.126 e. The van der Waals surface area contributed by atoms with Crippen molar-refractivity contribution in [3.05, 3.63) is 35.4 Å². The third-order valence-electron chi connectivity index (χ3n) is 4.55. The van der Waals surface area contributed by atoms with Gasteiger partial charge in [0.15, 0.2) is 0 Å². The monoisotopic (exact) mass is 295 g/mol. The minimum Gasteiger partial charge on any atom is -0.316 e. The molecule has 1 aliphatic rings. The van der Waals surface area contributed by atoms with Gasteiger partial charge in [-0.25, -0.2) is 8.78 Å². The van der Waals surface area contributed by atoms with Crippen molar-refractivity contribution in [1.29, 1.82) is 0 Å². The highest BCUT2D eigenvalue weighted by Gasteiger charge is 2.44. The lowest BCUT2D eigenvalue weighted by Crippen LogP contribution is -2.49. The van der Waals surface area contributed by atoms with Crippen molar-refractivity contribution in [2.75, 3.05) is 13.1 Å². The zero-order valence-electron chi connectivity index (χ0n) is 13.4. The Morgan fingerprint density at radius 2 is 1.81 bits per heavy atom. The number of nitrogens with one attached hydrogen (secondary N) is 1. The van der Waals surface area contributed by atoms with Crippen LogP contribution in [0.5, 0.6) is 0 Å². The van der Waals surface area contributed by atoms with Gasteiger partial charge in [0, 0.05) is 18.0 Å². The second-order valence-corrected chi connectivity index (χ2v) is 7.03. The van der Waals surface area contributed by atoms with Crippen LogP contribution >= 0.6 is 0 Å². The van der Waals surface area contributed by atoms with Crippen LogP contribution in [0, 0.1) is 23.5 Å². The van der Waals surface area contributed by atoms with E-state index in [0.29, 0.717) is 11.8 Å². The molecule has 0 aromatic heterocycles. The molecule has 1 fully saturated rings. The quantitative estimate of drug-likeness (QED) is 0.771. The second kappa shape index (κ2) is 6.87. The van der Waals surface area contributed by atoms with Gasteiger partial charge < -0.3 is 5.32 Å². The van der Waals surface area contributed by atoms with E-state index >= 15 is 0 Å². The van der Waals surface area contributed by atoms with E-state index in [-0.39, 0.29) is 5.41 Å². The molecule has 1 N–H and O–H groups in total. The Morgan fingerprint density at radius 3 is 2.33 bits per heavy atom. The minimum absolute atomic E-state index is 0.0856. The Morgan fingerprint density at radius 1 is 1.19 bits per heavy atom. The zero-order chi connectivity index (χ0) is 15.5. The number of hydrogen-bond donors (Lipinski definition) is 1. The Kier molecular flexibility index (Phi) is 5.37. The summed E-state index contributed by atoms with van der Waals surface area (Å²) in [7, 11) is 0. The van der Waals surface area contributed by atoms with E-state index in [1.807, 2.05) is 0 Å². The Bertz CT molecular complexity index is 444. The molecule has 0 unspecified atom stereocenters. The molecule has 0 spiro atoms. The molecular weight excluding hydrogens is 268 g/mol. The number of halogens is 2. The number of hydrogen-bond acceptors (Lipinski definition) is 1. The average Bonchev–Trinajstić information content (AvgIpc) is 2.33. The fraction of sp³-hybridized carbons (Fsp3) is 0.667. The van der Waals surface area contributed by atoms with Gasteiger partial charge in [0.1, 0.15) is 11.6 Å². The van der Waals surface area contributed by atoms with Crippen LogP contribution in [0.3, 0.4) is 0 Å². The zero-order valence-corrected chi connectivity index (χ0v) is 13.4. The first kappa shape index (κ1) is 16.4. The first-order valence-electron chi connectivity index (χ1n) is 8.12. The standard InChI is InChI=1S/C18H27F2N/c1-4-5-14-9-18(10-14,12-21-11-13(2)3)15-6-16(19)8-17(20)7-15/h6-8,13-14,21H,4-5,9-12H2,1-3H3. The van der Waals surface area contributed by atoms with Gasteiger partial charge in [-0.1, -0.05) is 33.6 Å². The Balaban J connectivity index is 2.12. The summed E-state index contributed by atoms with van der Waals surface area (Å²) in [5.74, 6) is 0.347. The SMILES string of the molecule is CCCC1CC(CNCC(C)C)(c2cc(F)cc(F)c2)C1. The van der Waals surface area contributed by atoms with Crippen LogP contribution in [0.4, 0.5) is 8.78 Å². The summed E-state index contributed by atoms with van der Waals surface area (Å²) in [6, 6.07) is 3.99. The molecule has 0 bridgehead atoms. The van der Waals surface area contributed by atoms with Gasteiger partial charge in [-0.05, 0) is 48.9 Å². The minimum atomic E-state index is -0.466. The van der Waals surface area contributed by atoms with Gasteiger partial charge >= 0.3 is 0 Å². The van der Waals surface area contributed by atoms with E-state index in [1.54, 1.807) is 0 Å². The lowest BCUT2D eigenvalue weighted by Gasteiger charge is -2.49. The smallest absolute Gasteiger partial charge is 0.126 e. The predicted octanol–water partition coefficient (Wildman–Crippen LogP) is 4.66. The third kappa shape index (κ3) is 4.03. The van der Waals surface area contributed by atoms with Crippen LogP contribution < -0.4 is 5.32 Å². The van der Waals surface area contributed by atoms with Gasteiger partial charge in [-0.15, -0.1) is 0 Å². The van der Waals surface area contributed by atoms with E-state index in [1.165, 1.54) is 25.0 Å². The van der Waals surface area contributed by atoms with Crippen LogP contribution in [0.1, 0.15) is 52.0 Å².